The molecule has 0 aliphatic rings. The van der Waals surface area contributed by atoms with Crippen LogP contribution in [0, 0.1) is 6.92 Å². The number of anilines is 2. The van der Waals surface area contributed by atoms with Crippen LogP contribution in [0.25, 0.3) is 10.2 Å². The first kappa shape index (κ1) is 14.4. The van der Waals surface area contributed by atoms with Gasteiger partial charge in [-0.25, -0.2) is 19.7 Å². The number of rotatable bonds is 4. The van der Waals surface area contributed by atoms with Crippen LogP contribution in [0.3, 0.4) is 0 Å². The largest absolute Gasteiger partial charge is 0.462 e. The summed E-state index contributed by atoms with van der Waals surface area (Å²) in [7, 11) is 0. The van der Waals surface area contributed by atoms with E-state index in [9.17, 15) is 4.79 Å². The van der Waals surface area contributed by atoms with Crippen LogP contribution in [0.15, 0.2) is 30.0 Å². The van der Waals surface area contributed by atoms with Crippen LogP contribution in [-0.4, -0.2) is 27.5 Å². The van der Waals surface area contributed by atoms with Crippen molar-refractivity contribution in [3.8, 4) is 0 Å². The molecule has 3 aromatic heterocycles. The van der Waals surface area contributed by atoms with Crippen molar-refractivity contribution >= 4 is 39.2 Å². The van der Waals surface area contributed by atoms with E-state index >= 15 is 0 Å². The maximum Gasteiger partial charge on any atom is 0.339 e. The van der Waals surface area contributed by atoms with Gasteiger partial charge in [0.05, 0.1) is 17.6 Å². The zero-order chi connectivity index (χ0) is 15.5. The summed E-state index contributed by atoms with van der Waals surface area (Å²) in [5.74, 6) is 0.845. The van der Waals surface area contributed by atoms with E-state index < -0.39 is 0 Å². The second kappa shape index (κ2) is 6.07. The number of aryl methyl sites for hydroxylation is 1. The van der Waals surface area contributed by atoms with Gasteiger partial charge in [0.25, 0.3) is 0 Å². The van der Waals surface area contributed by atoms with E-state index in [1.54, 1.807) is 18.5 Å². The fraction of sp³-hybridized carbons (Fsp3) is 0.200. The topological polar surface area (TPSA) is 77.0 Å². The first-order valence-electron chi connectivity index (χ1n) is 6.78. The van der Waals surface area contributed by atoms with Crippen LogP contribution >= 0.6 is 11.3 Å². The molecule has 6 nitrogen and oxygen atoms in total. The van der Waals surface area contributed by atoms with Gasteiger partial charge < -0.3 is 10.1 Å². The van der Waals surface area contributed by atoms with Gasteiger partial charge >= 0.3 is 5.97 Å². The van der Waals surface area contributed by atoms with Crippen molar-refractivity contribution < 1.29 is 9.53 Å². The molecule has 0 bridgehead atoms. The monoisotopic (exact) mass is 314 g/mol. The summed E-state index contributed by atoms with van der Waals surface area (Å²) < 4.78 is 5.09. The van der Waals surface area contributed by atoms with Crippen LogP contribution in [0.4, 0.5) is 11.6 Å². The molecule has 1 N–H and O–H groups in total. The Balaban J connectivity index is 2.05. The van der Waals surface area contributed by atoms with Crippen molar-refractivity contribution in [2.75, 3.05) is 11.9 Å². The van der Waals surface area contributed by atoms with E-state index in [2.05, 4.69) is 20.3 Å². The van der Waals surface area contributed by atoms with Gasteiger partial charge in [-0.05, 0) is 31.5 Å². The van der Waals surface area contributed by atoms with Gasteiger partial charge in [0, 0.05) is 11.6 Å². The molecule has 0 fully saturated rings. The molecule has 0 aliphatic carbocycles. The number of pyridine rings is 1. The third kappa shape index (κ3) is 2.75. The van der Waals surface area contributed by atoms with E-state index in [0.717, 1.165) is 10.4 Å². The van der Waals surface area contributed by atoms with Gasteiger partial charge in [0.1, 0.15) is 22.8 Å². The third-order valence-corrected chi connectivity index (χ3v) is 3.91. The Labute approximate surface area is 131 Å². The lowest BCUT2D eigenvalue weighted by Crippen LogP contribution is -2.05. The zero-order valence-electron chi connectivity index (χ0n) is 12.2. The molecule has 0 saturated carbocycles. The van der Waals surface area contributed by atoms with Crippen LogP contribution in [0.1, 0.15) is 22.8 Å². The lowest BCUT2D eigenvalue weighted by molar-refractivity contribution is 0.0529. The molecule has 0 radical (unpaired) electrons. The summed E-state index contributed by atoms with van der Waals surface area (Å²) in [4.78, 5) is 25.5. The lowest BCUT2D eigenvalue weighted by atomic mass is 10.2. The molecular weight excluding hydrogens is 300 g/mol. The zero-order valence-corrected chi connectivity index (χ0v) is 13.0. The van der Waals surface area contributed by atoms with E-state index in [0.29, 0.717) is 29.2 Å². The quantitative estimate of drug-likeness (QED) is 0.744. The molecule has 0 aliphatic heterocycles. The maximum atomic E-state index is 12.1. The Morgan fingerprint density at radius 2 is 2.23 bits per heavy atom. The Kier molecular flexibility index (Phi) is 3.97. The third-order valence-electron chi connectivity index (χ3n) is 3.03. The van der Waals surface area contributed by atoms with Crippen LogP contribution in [0.5, 0.6) is 0 Å². The molecule has 22 heavy (non-hydrogen) atoms. The normalized spacial score (nSPS) is 10.6. The van der Waals surface area contributed by atoms with Gasteiger partial charge in [0.15, 0.2) is 0 Å². The summed E-state index contributed by atoms with van der Waals surface area (Å²) >= 11 is 1.38. The summed E-state index contributed by atoms with van der Waals surface area (Å²) in [6.45, 7) is 4.09. The number of thiophene rings is 1. The molecule has 0 spiro atoms. The first-order chi connectivity index (χ1) is 10.7. The molecule has 3 aromatic rings. The van der Waals surface area contributed by atoms with Crippen molar-refractivity contribution in [3.05, 3.63) is 41.2 Å². The Bertz CT molecular complexity index is 831. The Morgan fingerprint density at radius 3 is 3.00 bits per heavy atom. The highest BCUT2D eigenvalue weighted by Gasteiger charge is 2.18. The predicted molar refractivity (Wildman–Crippen MR) is 85.6 cm³/mol. The standard InChI is InChI=1S/C15H14N4O2S/c1-3-21-15(20)10-7-22-14-12(10)13(17-8-18-14)19-11-6-9(2)4-5-16-11/h4-8H,3H2,1-2H3,(H,16,17,18,19). The van der Waals surface area contributed by atoms with E-state index in [1.165, 1.54) is 17.7 Å². The number of aromatic nitrogens is 3. The minimum Gasteiger partial charge on any atom is -0.462 e. The Morgan fingerprint density at radius 1 is 1.36 bits per heavy atom. The minimum atomic E-state index is -0.371. The van der Waals surface area contributed by atoms with E-state index in [-0.39, 0.29) is 5.97 Å². The molecule has 3 rings (SSSR count). The number of fused-ring (bicyclic) bond motifs is 1. The second-order valence-corrected chi connectivity index (χ2v) is 5.47. The number of nitrogens with zero attached hydrogens (tertiary/aromatic N) is 3. The minimum absolute atomic E-state index is 0.325. The highest BCUT2D eigenvalue weighted by Crippen LogP contribution is 2.31. The van der Waals surface area contributed by atoms with Crippen molar-refractivity contribution in [2.24, 2.45) is 0 Å². The fourth-order valence-electron chi connectivity index (χ4n) is 2.05. The number of esters is 1. The summed E-state index contributed by atoms with van der Waals surface area (Å²) in [6, 6.07) is 3.82. The average Bonchev–Trinajstić information content (AvgIpc) is 2.93. The molecule has 0 saturated heterocycles. The van der Waals surface area contributed by atoms with E-state index in [1.807, 2.05) is 19.1 Å². The highest BCUT2D eigenvalue weighted by molar-refractivity contribution is 7.17. The summed E-state index contributed by atoms with van der Waals surface area (Å²) in [5.41, 5.74) is 1.55. The van der Waals surface area contributed by atoms with Gasteiger partial charge in [-0.15, -0.1) is 11.3 Å². The fourth-order valence-corrected chi connectivity index (χ4v) is 2.93. The van der Waals surface area contributed by atoms with Gasteiger partial charge in [-0.1, -0.05) is 0 Å². The maximum absolute atomic E-state index is 12.1. The molecular formula is C15H14N4O2S. The number of hydrogen-bond acceptors (Lipinski definition) is 7. The number of nitrogens with one attached hydrogen (secondary N) is 1. The molecule has 0 amide bonds. The average molecular weight is 314 g/mol. The van der Waals surface area contributed by atoms with Gasteiger partial charge in [-0.2, -0.15) is 0 Å². The molecule has 7 heteroatoms. The number of carbonyl (C=O) groups excluding carboxylic acids is 1. The van der Waals surface area contributed by atoms with Gasteiger partial charge in [-0.3, -0.25) is 0 Å². The van der Waals surface area contributed by atoms with Crippen LogP contribution < -0.4 is 5.32 Å². The van der Waals surface area contributed by atoms with Crippen molar-refractivity contribution in [3.63, 3.8) is 0 Å². The van der Waals surface area contributed by atoms with Crippen LogP contribution in [0.2, 0.25) is 0 Å². The number of hydrogen-bond donors (Lipinski definition) is 1. The molecule has 3 heterocycles. The summed E-state index contributed by atoms with van der Waals surface area (Å²) in [6.07, 6.45) is 3.18. The molecule has 112 valence electrons. The lowest BCUT2D eigenvalue weighted by Gasteiger charge is -2.07. The molecule has 0 unspecified atom stereocenters. The molecule has 0 atom stereocenters. The van der Waals surface area contributed by atoms with Gasteiger partial charge in [0.2, 0.25) is 0 Å². The van der Waals surface area contributed by atoms with Crippen molar-refractivity contribution in [1.82, 2.24) is 15.0 Å². The number of ether oxygens (including phenoxy) is 1. The highest BCUT2D eigenvalue weighted by atomic mass is 32.1. The SMILES string of the molecule is CCOC(=O)c1csc2ncnc(Nc3cc(C)ccn3)c12. The van der Waals surface area contributed by atoms with Crippen LogP contribution in [-0.2, 0) is 4.74 Å². The smallest absolute Gasteiger partial charge is 0.339 e. The van der Waals surface area contributed by atoms with Crippen molar-refractivity contribution in [2.45, 2.75) is 13.8 Å². The van der Waals surface area contributed by atoms with E-state index in [4.69, 9.17) is 4.74 Å². The number of carbonyl (C=O) groups is 1. The summed E-state index contributed by atoms with van der Waals surface area (Å²) in [5, 5.41) is 5.55. The first-order valence-corrected chi connectivity index (χ1v) is 7.66. The second-order valence-electron chi connectivity index (χ2n) is 4.62. The predicted octanol–water partition coefficient (Wildman–Crippen LogP) is 3.32. The Hall–Kier alpha value is -2.54. The van der Waals surface area contributed by atoms with Crippen molar-refractivity contribution in [1.29, 1.82) is 0 Å². The molecule has 0 aromatic carbocycles.